The van der Waals surface area contributed by atoms with E-state index in [4.69, 9.17) is 16.3 Å². The summed E-state index contributed by atoms with van der Waals surface area (Å²) >= 11 is 8.23. The molecule has 1 fully saturated rings. The molecule has 1 saturated heterocycles. The molecule has 25 heavy (non-hydrogen) atoms. The number of thioether (sulfide) groups is 1. The number of quaternary nitrogens is 1. The Labute approximate surface area is 155 Å². The summed E-state index contributed by atoms with van der Waals surface area (Å²) in [5.41, 5.74) is 1.71. The lowest BCUT2D eigenvalue weighted by Crippen LogP contribution is -3.14. The SMILES string of the molecule is COC(=O)C1=C(C[NH+]2CCSCC2)NC(=O)N[C@@H]1c1ccccc1Cl. The van der Waals surface area contributed by atoms with Gasteiger partial charge >= 0.3 is 12.0 Å². The molecular formula is C17H21ClN3O3S+. The number of urea groups is 1. The highest BCUT2D eigenvalue weighted by Gasteiger charge is 2.36. The smallest absolute Gasteiger partial charge is 0.338 e. The van der Waals surface area contributed by atoms with Crippen LogP contribution in [0.15, 0.2) is 35.5 Å². The van der Waals surface area contributed by atoms with Gasteiger partial charge in [0.05, 0.1) is 37.5 Å². The van der Waals surface area contributed by atoms with Gasteiger partial charge in [-0.2, -0.15) is 11.8 Å². The lowest BCUT2D eigenvalue weighted by molar-refractivity contribution is -0.891. The van der Waals surface area contributed by atoms with E-state index in [0.29, 0.717) is 28.4 Å². The minimum absolute atomic E-state index is 0.335. The van der Waals surface area contributed by atoms with E-state index >= 15 is 0 Å². The van der Waals surface area contributed by atoms with Crippen LogP contribution in [-0.2, 0) is 9.53 Å². The maximum Gasteiger partial charge on any atom is 0.338 e. The monoisotopic (exact) mass is 382 g/mol. The van der Waals surface area contributed by atoms with E-state index in [9.17, 15) is 9.59 Å². The van der Waals surface area contributed by atoms with Gasteiger partial charge in [-0.1, -0.05) is 29.8 Å². The van der Waals surface area contributed by atoms with Crippen molar-refractivity contribution in [2.24, 2.45) is 0 Å². The van der Waals surface area contributed by atoms with Crippen molar-refractivity contribution in [2.75, 3.05) is 38.2 Å². The van der Waals surface area contributed by atoms with E-state index in [-0.39, 0.29) is 6.03 Å². The lowest BCUT2D eigenvalue weighted by Gasteiger charge is -2.31. The molecule has 6 nitrogen and oxygen atoms in total. The molecule has 3 rings (SSSR count). The third kappa shape index (κ3) is 4.11. The van der Waals surface area contributed by atoms with Gasteiger partial charge in [-0.3, -0.25) is 0 Å². The molecule has 2 aliphatic heterocycles. The van der Waals surface area contributed by atoms with Crippen molar-refractivity contribution < 1.29 is 19.2 Å². The Morgan fingerprint density at radius 3 is 2.76 bits per heavy atom. The number of esters is 1. The van der Waals surface area contributed by atoms with Crippen LogP contribution in [0.4, 0.5) is 4.79 Å². The van der Waals surface area contributed by atoms with Crippen molar-refractivity contribution >= 4 is 35.4 Å². The fourth-order valence-electron chi connectivity index (χ4n) is 3.14. The number of carbonyl (C=O) groups excluding carboxylic acids is 2. The number of hydrogen-bond acceptors (Lipinski definition) is 4. The number of methoxy groups -OCH3 is 1. The molecule has 2 aliphatic rings. The van der Waals surface area contributed by atoms with Gasteiger partial charge in [0.15, 0.2) is 0 Å². The summed E-state index contributed by atoms with van der Waals surface area (Å²) in [7, 11) is 1.34. The fourth-order valence-corrected chi connectivity index (χ4v) is 4.45. The number of rotatable bonds is 4. The first-order valence-electron chi connectivity index (χ1n) is 8.14. The van der Waals surface area contributed by atoms with E-state index in [1.54, 1.807) is 6.07 Å². The predicted molar refractivity (Wildman–Crippen MR) is 97.8 cm³/mol. The minimum Gasteiger partial charge on any atom is -0.466 e. The molecule has 0 bridgehead atoms. The molecule has 0 aliphatic carbocycles. The van der Waals surface area contributed by atoms with Gasteiger partial charge in [0.2, 0.25) is 0 Å². The number of hydrogen-bond donors (Lipinski definition) is 3. The summed E-state index contributed by atoms with van der Waals surface area (Å²) in [5.74, 6) is 1.70. The Balaban J connectivity index is 2.00. The average Bonchev–Trinajstić information content (AvgIpc) is 2.62. The molecule has 2 amide bonds. The number of amides is 2. The quantitative estimate of drug-likeness (QED) is 0.672. The van der Waals surface area contributed by atoms with Crippen LogP contribution >= 0.6 is 23.4 Å². The predicted octanol–water partition coefficient (Wildman–Crippen LogP) is 0.753. The van der Waals surface area contributed by atoms with Crippen LogP contribution in [0.25, 0.3) is 0 Å². The van der Waals surface area contributed by atoms with Gasteiger partial charge in [0.1, 0.15) is 6.54 Å². The second-order valence-electron chi connectivity index (χ2n) is 5.98. The zero-order valence-electron chi connectivity index (χ0n) is 13.9. The zero-order chi connectivity index (χ0) is 17.8. The number of nitrogens with one attached hydrogen (secondary N) is 3. The van der Waals surface area contributed by atoms with Crippen molar-refractivity contribution in [1.82, 2.24) is 10.6 Å². The first-order valence-corrected chi connectivity index (χ1v) is 9.68. The van der Waals surface area contributed by atoms with Crippen LogP contribution in [0.1, 0.15) is 11.6 Å². The van der Waals surface area contributed by atoms with Gasteiger partial charge in [0.25, 0.3) is 0 Å². The Morgan fingerprint density at radius 2 is 2.08 bits per heavy atom. The molecule has 0 aromatic heterocycles. The molecule has 1 aromatic rings. The standard InChI is InChI=1S/C17H20ClN3O3S/c1-24-16(22)14-13(10-21-6-8-25-9-7-21)19-17(23)20-15(14)11-4-2-3-5-12(11)18/h2-5,15H,6-10H2,1H3,(H2,19,20,23)/p+1/t15-/m1/s1. The van der Waals surface area contributed by atoms with Crippen molar-refractivity contribution in [3.05, 3.63) is 46.1 Å². The first kappa shape index (κ1) is 18.1. The molecule has 0 unspecified atom stereocenters. The van der Waals surface area contributed by atoms with Crippen molar-refractivity contribution in [1.29, 1.82) is 0 Å². The van der Waals surface area contributed by atoms with Gasteiger partial charge in [-0.25, -0.2) is 9.59 Å². The molecule has 1 aromatic carbocycles. The van der Waals surface area contributed by atoms with E-state index in [1.807, 2.05) is 30.0 Å². The molecule has 1 atom stereocenters. The Kier molecular flexibility index (Phi) is 5.88. The highest BCUT2D eigenvalue weighted by Crippen LogP contribution is 2.31. The normalized spacial score (nSPS) is 21.5. The van der Waals surface area contributed by atoms with Gasteiger partial charge in [0, 0.05) is 16.5 Å². The summed E-state index contributed by atoms with van der Waals surface area (Å²) < 4.78 is 4.99. The number of carbonyl (C=O) groups is 2. The molecule has 134 valence electrons. The summed E-state index contributed by atoms with van der Waals surface area (Å²) in [5, 5.41) is 6.10. The molecule has 2 heterocycles. The molecule has 0 radical (unpaired) electrons. The van der Waals surface area contributed by atoms with E-state index in [0.717, 1.165) is 24.6 Å². The van der Waals surface area contributed by atoms with Crippen LogP contribution < -0.4 is 15.5 Å². The second-order valence-corrected chi connectivity index (χ2v) is 7.61. The van der Waals surface area contributed by atoms with Crippen molar-refractivity contribution in [3.63, 3.8) is 0 Å². The molecule has 0 saturated carbocycles. The largest absolute Gasteiger partial charge is 0.466 e. The van der Waals surface area contributed by atoms with Gasteiger partial charge in [-0.05, 0) is 11.6 Å². The third-order valence-corrected chi connectivity index (χ3v) is 5.73. The van der Waals surface area contributed by atoms with Gasteiger partial charge in [-0.15, -0.1) is 0 Å². The van der Waals surface area contributed by atoms with Crippen LogP contribution in [-0.4, -0.2) is 50.3 Å². The highest BCUT2D eigenvalue weighted by atomic mass is 35.5. The highest BCUT2D eigenvalue weighted by molar-refractivity contribution is 7.99. The van der Waals surface area contributed by atoms with Crippen LogP contribution in [0.2, 0.25) is 5.02 Å². The van der Waals surface area contributed by atoms with Crippen LogP contribution in [0, 0.1) is 0 Å². The van der Waals surface area contributed by atoms with Crippen molar-refractivity contribution in [2.45, 2.75) is 6.04 Å². The summed E-state index contributed by atoms with van der Waals surface area (Å²) in [4.78, 5) is 26.0. The average molecular weight is 383 g/mol. The van der Waals surface area contributed by atoms with Crippen LogP contribution in [0.3, 0.4) is 0 Å². The number of ether oxygens (including phenoxy) is 1. The molecular weight excluding hydrogens is 362 g/mol. The Hall–Kier alpha value is -1.70. The fraction of sp³-hybridized carbons (Fsp3) is 0.412. The topological polar surface area (TPSA) is 71.9 Å². The summed E-state index contributed by atoms with van der Waals surface area (Å²) in [6, 6.07) is 6.24. The van der Waals surface area contributed by atoms with Crippen molar-refractivity contribution in [3.8, 4) is 0 Å². The van der Waals surface area contributed by atoms with E-state index in [1.165, 1.54) is 12.0 Å². The number of halogens is 1. The molecule has 3 N–H and O–H groups in total. The summed E-state index contributed by atoms with van der Waals surface area (Å²) in [6.07, 6.45) is 0. The lowest BCUT2D eigenvalue weighted by atomic mass is 9.95. The molecule has 8 heteroatoms. The summed E-state index contributed by atoms with van der Waals surface area (Å²) in [6.45, 7) is 2.59. The van der Waals surface area contributed by atoms with Crippen LogP contribution in [0.5, 0.6) is 0 Å². The maximum absolute atomic E-state index is 12.5. The van der Waals surface area contributed by atoms with E-state index < -0.39 is 12.0 Å². The zero-order valence-corrected chi connectivity index (χ0v) is 15.5. The van der Waals surface area contributed by atoms with Gasteiger partial charge < -0.3 is 20.3 Å². The minimum atomic E-state index is -0.622. The van der Waals surface area contributed by atoms with E-state index in [2.05, 4.69) is 10.6 Å². The molecule has 0 spiro atoms. The second kappa shape index (κ2) is 8.12. The number of benzene rings is 1. The Bertz CT molecular complexity index is 704. The Morgan fingerprint density at radius 1 is 1.36 bits per heavy atom. The first-order chi connectivity index (χ1) is 12.1. The third-order valence-electron chi connectivity index (χ3n) is 4.40. The maximum atomic E-state index is 12.5.